The fraction of sp³-hybridized carbons (Fsp3) is 0. The van der Waals surface area contributed by atoms with E-state index >= 15 is 0 Å². The maximum atomic E-state index is 12.6. The van der Waals surface area contributed by atoms with Gasteiger partial charge in [0.25, 0.3) is 0 Å². The first kappa shape index (κ1) is 10.1. The van der Waals surface area contributed by atoms with Crippen molar-refractivity contribution in [3.63, 3.8) is 0 Å². The average molecular weight is 218 g/mol. The van der Waals surface area contributed by atoms with Crippen LogP contribution in [0.25, 0.3) is 0 Å². The molecule has 0 radical (unpaired) electrons. The molecule has 16 heavy (non-hydrogen) atoms. The van der Waals surface area contributed by atoms with Crippen LogP contribution in [0, 0.1) is 11.2 Å². The molecule has 0 fully saturated rings. The molecule has 6 nitrogen and oxygen atoms in total. The summed E-state index contributed by atoms with van der Waals surface area (Å²) < 4.78 is 12.6. The number of nitrogens with two attached hydrogens (primary N) is 1. The molecule has 0 bridgehead atoms. The van der Waals surface area contributed by atoms with Gasteiger partial charge in [0.15, 0.2) is 17.4 Å². The van der Waals surface area contributed by atoms with Gasteiger partial charge in [-0.2, -0.15) is 5.11 Å². The molecule has 1 aromatic rings. The Labute approximate surface area is 89.9 Å². The maximum Gasteiger partial charge on any atom is 0.198 e. The van der Waals surface area contributed by atoms with Gasteiger partial charge in [-0.1, -0.05) is 0 Å². The van der Waals surface area contributed by atoms with E-state index in [4.69, 9.17) is 11.1 Å². The quantitative estimate of drug-likeness (QED) is 0.732. The van der Waals surface area contributed by atoms with Gasteiger partial charge in [0.1, 0.15) is 5.82 Å². The van der Waals surface area contributed by atoms with E-state index < -0.39 is 0 Å². The lowest BCUT2D eigenvalue weighted by Gasteiger charge is -1.93. The molecule has 80 valence electrons. The second kappa shape index (κ2) is 3.97. The molecule has 0 aliphatic carbocycles. The van der Waals surface area contributed by atoms with Crippen molar-refractivity contribution in [3.8, 4) is 0 Å². The van der Waals surface area contributed by atoms with Crippen LogP contribution in [-0.2, 0) is 0 Å². The lowest BCUT2D eigenvalue weighted by molar-refractivity contribution is 0.628. The highest BCUT2D eigenvalue weighted by Gasteiger charge is 2.15. The van der Waals surface area contributed by atoms with Crippen LogP contribution >= 0.6 is 0 Å². The van der Waals surface area contributed by atoms with Crippen molar-refractivity contribution in [1.82, 2.24) is 0 Å². The Kier molecular flexibility index (Phi) is 2.50. The van der Waals surface area contributed by atoms with E-state index in [1.165, 1.54) is 24.3 Å². The van der Waals surface area contributed by atoms with Crippen LogP contribution in [0.5, 0.6) is 0 Å². The van der Waals surface area contributed by atoms with Crippen molar-refractivity contribution < 1.29 is 4.39 Å². The van der Waals surface area contributed by atoms with E-state index in [1.807, 2.05) is 0 Å². The van der Waals surface area contributed by atoms with Crippen LogP contribution in [0.4, 0.5) is 10.1 Å². The van der Waals surface area contributed by atoms with E-state index in [1.54, 1.807) is 0 Å². The number of amidine groups is 1. The molecule has 7 heteroatoms. The van der Waals surface area contributed by atoms with Crippen LogP contribution in [0.2, 0.25) is 0 Å². The molecule has 0 saturated carbocycles. The van der Waals surface area contributed by atoms with Crippen molar-refractivity contribution in [3.05, 3.63) is 41.6 Å². The topological polar surface area (TPSA) is 99.3 Å². The Hall–Kier alpha value is -2.44. The summed E-state index contributed by atoms with van der Waals surface area (Å²) in [7, 11) is 0. The number of hydrogen-bond donors (Lipinski definition) is 2. The summed E-state index contributed by atoms with van der Waals surface area (Å²) in [5.74, 6) is -0.435. The fourth-order valence-corrected chi connectivity index (χ4v) is 1.03. The third-order valence-corrected chi connectivity index (χ3v) is 1.82. The number of benzene rings is 1. The summed E-state index contributed by atoms with van der Waals surface area (Å²) in [5.41, 5.74) is 6.00. The van der Waals surface area contributed by atoms with E-state index in [-0.39, 0.29) is 23.2 Å². The van der Waals surface area contributed by atoms with Crippen LogP contribution < -0.4 is 5.73 Å². The number of halogens is 1. The van der Waals surface area contributed by atoms with Gasteiger partial charge >= 0.3 is 0 Å². The van der Waals surface area contributed by atoms with Crippen LogP contribution in [0.15, 0.2) is 56.2 Å². The normalized spacial score (nSPS) is 15.4. The molecular weight excluding hydrogens is 211 g/mol. The van der Waals surface area contributed by atoms with Crippen molar-refractivity contribution in [2.24, 2.45) is 26.2 Å². The zero-order chi connectivity index (χ0) is 11.5. The van der Waals surface area contributed by atoms with Gasteiger partial charge in [-0.25, -0.2) is 4.39 Å². The average Bonchev–Trinajstić information content (AvgIpc) is 2.59. The maximum absolute atomic E-state index is 12.6. The third-order valence-electron chi connectivity index (χ3n) is 1.82. The first-order valence-electron chi connectivity index (χ1n) is 4.34. The highest BCUT2D eigenvalue weighted by molar-refractivity contribution is 5.97. The molecule has 0 saturated heterocycles. The summed E-state index contributed by atoms with van der Waals surface area (Å²) in [6.07, 6.45) is 0. The Morgan fingerprint density at radius 3 is 2.38 bits per heavy atom. The Morgan fingerprint density at radius 1 is 1.12 bits per heavy atom. The van der Waals surface area contributed by atoms with Crippen LogP contribution in [0.3, 0.4) is 0 Å². The predicted molar refractivity (Wildman–Crippen MR) is 54.7 cm³/mol. The minimum atomic E-state index is -0.351. The smallest absolute Gasteiger partial charge is 0.198 e. The second-order valence-electron chi connectivity index (χ2n) is 2.96. The lowest BCUT2D eigenvalue weighted by Crippen LogP contribution is -1.97. The number of nitrogens with zero attached hydrogens (tertiary/aromatic N) is 4. The molecule has 0 amide bonds. The molecule has 0 atom stereocenters. The van der Waals surface area contributed by atoms with Crippen molar-refractivity contribution >= 4 is 11.5 Å². The fourth-order valence-electron chi connectivity index (χ4n) is 1.03. The minimum Gasteiger partial charge on any atom is -0.380 e. The van der Waals surface area contributed by atoms with Gasteiger partial charge in [-0.05, 0) is 24.3 Å². The molecule has 0 aromatic heterocycles. The SMILES string of the molecule is N=C1N=NC(N)=C1N=Nc1ccc(F)cc1. The standard InChI is InChI=1S/C9H7FN6/c10-5-1-3-6(4-2-5)13-14-7-8(11)15-16-9(7)12/h1-4,11H,12H2. The van der Waals surface area contributed by atoms with Gasteiger partial charge in [-0.15, -0.1) is 15.3 Å². The van der Waals surface area contributed by atoms with Crippen LogP contribution in [0.1, 0.15) is 0 Å². The zero-order valence-electron chi connectivity index (χ0n) is 8.05. The number of azo groups is 2. The molecule has 1 aliphatic heterocycles. The first-order valence-corrected chi connectivity index (χ1v) is 4.34. The highest BCUT2D eigenvalue weighted by Crippen LogP contribution is 2.18. The van der Waals surface area contributed by atoms with Crippen molar-refractivity contribution in [1.29, 1.82) is 5.41 Å². The number of hydrogen-bond acceptors (Lipinski definition) is 5. The number of nitrogens with one attached hydrogen (secondary N) is 1. The summed E-state index contributed by atoms with van der Waals surface area (Å²) in [6.45, 7) is 0. The minimum absolute atomic E-state index is 0.0517. The summed E-state index contributed by atoms with van der Waals surface area (Å²) >= 11 is 0. The van der Waals surface area contributed by atoms with E-state index in [9.17, 15) is 4.39 Å². The van der Waals surface area contributed by atoms with Crippen molar-refractivity contribution in [2.75, 3.05) is 0 Å². The Bertz CT molecular complexity index is 513. The second-order valence-corrected chi connectivity index (χ2v) is 2.96. The highest BCUT2D eigenvalue weighted by atomic mass is 19.1. The number of rotatable bonds is 2. The molecule has 3 N–H and O–H groups in total. The van der Waals surface area contributed by atoms with Gasteiger partial charge in [-0.3, -0.25) is 5.41 Å². The largest absolute Gasteiger partial charge is 0.380 e. The molecule has 0 spiro atoms. The summed E-state index contributed by atoms with van der Waals surface area (Å²) in [6, 6.07) is 5.45. The van der Waals surface area contributed by atoms with E-state index in [0.717, 1.165) is 0 Å². The Balaban J connectivity index is 2.19. The molecule has 2 rings (SSSR count). The van der Waals surface area contributed by atoms with Gasteiger partial charge < -0.3 is 5.73 Å². The lowest BCUT2D eigenvalue weighted by atomic mass is 10.3. The third kappa shape index (κ3) is 1.97. The summed E-state index contributed by atoms with van der Waals surface area (Å²) in [5, 5.41) is 21.7. The van der Waals surface area contributed by atoms with E-state index in [2.05, 4.69) is 20.5 Å². The molecule has 1 aromatic carbocycles. The monoisotopic (exact) mass is 218 g/mol. The van der Waals surface area contributed by atoms with Crippen LogP contribution in [-0.4, -0.2) is 5.84 Å². The van der Waals surface area contributed by atoms with Crippen molar-refractivity contribution in [2.45, 2.75) is 0 Å². The molecule has 1 aliphatic rings. The zero-order valence-corrected chi connectivity index (χ0v) is 8.05. The molecular formula is C9H7FN6. The first-order chi connectivity index (χ1) is 7.66. The predicted octanol–water partition coefficient (Wildman–Crippen LogP) is 2.48. The van der Waals surface area contributed by atoms with E-state index in [0.29, 0.717) is 5.69 Å². The Morgan fingerprint density at radius 2 is 1.81 bits per heavy atom. The van der Waals surface area contributed by atoms with Gasteiger partial charge in [0, 0.05) is 0 Å². The molecule has 1 heterocycles. The summed E-state index contributed by atoms with van der Waals surface area (Å²) in [4.78, 5) is 0. The van der Waals surface area contributed by atoms with Gasteiger partial charge in [0.2, 0.25) is 0 Å². The van der Waals surface area contributed by atoms with Gasteiger partial charge in [0.05, 0.1) is 5.69 Å². The molecule has 0 unspecified atom stereocenters.